The number of nitrogens with zero attached hydrogens (tertiary/aromatic N) is 1. The molecule has 0 spiro atoms. The molecular weight excluding hydrogens is 364 g/mol. The van der Waals surface area contributed by atoms with Crippen molar-refractivity contribution in [1.29, 1.82) is 0 Å². The van der Waals surface area contributed by atoms with Crippen molar-refractivity contribution in [3.05, 3.63) is 131 Å². The number of aliphatic imine (C=N–C) groups is 1. The maximum absolute atomic E-state index is 5.08. The molecule has 0 amide bonds. The van der Waals surface area contributed by atoms with E-state index in [2.05, 4.69) is 128 Å². The van der Waals surface area contributed by atoms with E-state index in [1.54, 1.807) is 0 Å². The van der Waals surface area contributed by atoms with Gasteiger partial charge in [-0.05, 0) is 49.2 Å². The van der Waals surface area contributed by atoms with Crippen molar-refractivity contribution >= 4 is 17.2 Å². The van der Waals surface area contributed by atoms with E-state index in [4.69, 9.17) is 4.99 Å². The van der Waals surface area contributed by atoms with Gasteiger partial charge in [0.05, 0.1) is 11.6 Å². The van der Waals surface area contributed by atoms with E-state index in [1.165, 1.54) is 22.3 Å². The zero-order chi connectivity index (χ0) is 20.8. The Bertz CT molecular complexity index is 1060. The molecule has 0 bridgehead atoms. The lowest BCUT2D eigenvalue weighted by molar-refractivity contribution is 1.07. The molecule has 0 heterocycles. The fraction of sp³-hybridized carbons (Fsp3) is 0.107. The number of amidine groups is 1. The summed E-state index contributed by atoms with van der Waals surface area (Å²) in [4.78, 5) is 5.08. The Hall–Kier alpha value is -3.65. The quantitative estimate of drug-likeness (QED) is 0.281. The minimum atomic E-state index is -0.00462. The van der Waals surface area contributed by atoms with Crippen LogP contribution in [0.25, 0.3) is 0 Å². The zero-order valence-electron chi connectivity index (χ0n) is 17.4. The predicted molar refractivity (Wildman–Crippen MR) is 128 cm³/mol. The summed E-state index contributed by atoms with van der Waals surface area (Å²) >= 11 is 0. The van der Waals surface area contributed by atoms with E-state index in [1.807, 2.05) is 0 Å². The molecule has 4 rings (SSSR count). The highest BCUT2D eigenvalue weighted by molar-refractivity contribution is 6.03. The summed E-state index contributed by atoms with van der Waals surface area (Å²) in [7, 11) is 0. The molecule has 0 aromatic heterocycles. The number of benzene rings is 4. The van der Waals surface area contributed by atoms with Gasteiger partial charge in [-0.2, -0.15) is 0 Å². The summed E-state index contributed by atoms with van der Waals surface area (Å²) in [6.45, 7) is 4.19. The van der Waals surface area contributed by atoms with Gasteiger partial charge in [0.2, 0.25) is 0 Å². The first-order chi connectivity index (χ1) is 14.7. The van der Waals surface area contributed by atoms with Gasteiger partial charge in [0, 0.05) is 5.69 Å². The monoisotopic (exact) mass is 390 g/mol. The van der Waals surface area contributed by atoms with Crippen LogP contribution in [0.15, 0.2) is 114 Å². The SMILES string of the molecule is Cc1ccc(N=C(Nc2ccc(C)cc2)C(c2ccccc2)c2ccccc2)cc1. The maximum atomic E-state index is 5.08. The van der Waals surface area contributed by atoms with Gasteiger partial charge in [0.15, 0.2) is 0 Å². The summed E-state index contributed by atoms with van der Waals surface area (Å²) < 4.78 is 0. The van der Waals surface area contributed by atoms with Crippen LogP contribution in [0.5, 0.6) is 0 Å². The molecule has 30 heavy (non-hydrogen) atoms. The van der Waals surface area contributed by atoms with Crippen molar-refractivity contribution in [2.45, 2.75) is 19.8 Å². The van der Waals surface area contributed by atoms with Crippen molar-refractivity contribution in [1.82, 2.24) is 0 Å². The molecule has 1 N–H and O–H groups in total. The molecule has 0 fully saturated rings. The van der Waals surface area contributed by atoms with E-state index in [0.717, 1.165) is 17.2 Å². The van der Waals surface area contributed by atoms with E-state index in [9.17, 15) is 0 Å². The van der Waals surface area contributed by atoms with Crippen molar-refractivity contribution in [2.24, 2.45) is 4.99 Å². The van der Waals surface area contributed by atoms with Crippen LogP contribution in [0.1, 0.15) is 28.2 Å². The molecule has 0 aliphatic carbocycles. The van der Waals surface area contributed by atoms with Crippen LogP contribution in [-0.2, 0) is 0 Å². The van der Waals surface area contributed by atoms with Gasteiger partial charge in [-0.15, -0.1) is 0 Å². The molecule has 4 aromatic carbocycles. The van der Waals surface area contributed by atoms with Crippen molar-refractivity contribution in [3.8, 4) is 0 Å². The average Bonchev–Trinajstić information content (AvgIpc) is 2.78. The molecule has 4 aromatic rings. The Morgan fingerprint density at radius 3 is 1.57 bits per heavy atom. The molecular formula is C28H26N2. The Kier molecular flexibility index (Phi) is 6.05. The summed E-state index contributed by atoms with van der Waals surface area (Å²) in [5.41, 5.74) is 6.84. The van der Waals surface area contributed by atoms with Gasteiger partial charge in [-0.1, -0.05) is 96.1 Å². The fourth-order valence-electron chi connectivity index (χ4n) is 3.51. The highest BCUT2D eigenvalue weighted by Gasteiger charge is 2.21. The fourth-order valence-corrected chi connectivity index (χ4v) is 3.51. The van der Waals surface area contributed by atoms with Gasteiger partial charge in [0.1, 0.15) is 5.84 Å². The normalized spacial score (nSPS) is 11.5. The molecule has 0 aliphatic heterocycles. The smallest absolute Gasteiger partial charge is 0.119 e. The van der Waals surface area contributed by atoms with Crippen molar-refractivity contribution in [3.63, 3.8) is 0 Å². The summed E-state index contributed by atoms with van der Waals surface area (Å²) in [5, 5.41) is 3.62. The van der Waals surface area contributed by atoms with Crippen LogP contribution in [-0.4, -0.2) is 5.84 Å². The summed E-state index contributed by atoms with van der Waals surface area (Å²) in [5.74, 6) is 0.898. The van der Waals surface area contributed by atoms with E-state index >= 15 is 0 Å². The van der Waals surface area contributed by atoms with Crippen LogP contribution in [0, 0.1) is 13.8 Å². The van der Waals surface area contributed by atoms with Crippen LogP contribution in [0.4, 0.5) is 11.4 Å². The number of nitrogens with one attached hydrogen (secondary N) is 1. The molecule has 0 aliphatic rings. The third-order valence-electron chi connectivity index (χ3n) is 5.15. The standard InChI is InChI=1S/C28H26N2/c1-21-13-17-25(18-14-21)29-28(30-26-19-15-22(2)16-20-26)27(23-9-5-3-6-10-23)24-11-7-4-8-12-24/h3-20,27H,1-2H3,(H,29,30). The third kappa shape index (κ3) is 4.84. The maximum Gasteiger partial charge on any atom is 0.119 e. The van der Waals surface area contributed by atoms with Gasteiger partial charge in [-0.3, -0.25) is 0 Å². The lowest BCUT2D eigenvalue weighted by Gasteiger charge is -2.22. The Balaban J connectivity index is 1.84. The molecule has 0 atom stereocenters. The van der Waals surface area contributed by atoms with Gasteiger partial charge >= 0.3 is 0 Å². The van der Waals surface area contributed by atoms with Crippen molar-refractivity contribution < 1.29 is 0 Å². The van der Waals surface area contributed by atoms with Gasteiger partial charge in [-0.25, -0.2) is 4.99 Å². The van der Waals surface area contributed by atoms with Crippen LogP contribution in [0.3, 0.4) is 0 Å². The van der Waals surface area contributed by atoms with Crippen LogP contribution in [0.2, 0.25) is 0 Å². The lowest BCUT2D eigenvalue weighted by atomic mass is 9.90. The molecule has 2 heteroatoms. The second-order valence-corrected chi connectivity index (χ2v) is 7.58. The van der Waals surface area contributed by atoms with E-state index < -0.39 is 0 Å². The van der Waals surface area contributed by atoms with Crippen molar-refractivity contribution in [2.75, 3.05) is 5.32 Å². The molecule has 148 valence electrons. The minimum absolute atomic E-state index is 0.00462. The summed E-state index contributed by atoms with van der Waals surface area (Å²) in [6, 6.07) is 37.9. The zero-order valence-corrected chi connectivity index (χ0v) is 17.4. The Labute approximate surface area is 179 Å². The molecule has 2 nitrogen and oxygen atoms in total. The van der Waals surface area contributed by atoms with E-state index in [-0.39, 0.29) is 5.92 Å². The number of anilines is 1. The lowest BCUT2D eigenvalue weighted by Crippen LogP contribution is -2.22. The van der Waals surface area contributed by atoms with Gasteiger partial charge < -0.3 is 5.32 Å². The molecule has 0 radical (unpaired) electrons. The summed E-state index contributed by atoms with van der Waals surface area (Å²) in [6.07, 6.45) is 0. The predicted octanol–water partition coefficient (Wildman–Crippen LogP) is 7.28. The topological polar surface area (TPSA) is 24.4 Å². The minimum Gasteiger partial charge on any atom is -0.343 e. The highest BCUT2D eigenvalue weighted by Crippen LogP contribution is 2.29. The number of aryl methyl sites for hydroxylation is 2. The van der Waals surface area contributed by atoms with Crippen LogP contribution < -0.4 is 5.32 Å². The largest absolute Gasteiger partial charge is 0.343 e. The van der Waals surface area contributed by atoms with Crippen LogP contribution >= 0.6 is 0 Å². The highest BCUT2D eigenvalue weighted by atomic mass is 15.0. The number of hydrogen-bond acceptors (Lipinski definition) is 1. The molecule has 0 unspecified atom stereocenters. The Morgan fingerprint density at radius 1 is 0.600 bits per heavy atom. The first kappa shape index (κ1) is 19.7. The first-order valence-electron chi connectivity index (χ1n) is 10.3. The molecule has 0 saturated carbocycles. The number of hydrogen-bond donors (Lipinski definition) is 1. The second-order valence-electron chi connectivity index (χ2n) is 7.58. The number of rotatable bonds is 5. The van der Waals surface area contributed by atoms with Gasteiger partial charge in [0.25, 0.3) is 0 Å². The third-order valence-corrected chi connectivity index (χ3v) is 5.15. The first-order valence-corrected chi connectivity index (χ1v) is 10.3. The average molecular weight is 391 g/mol. The van der Waals surface area contributed by atoms with E-state index in [0.29, 0.717) is 0 Å². The molecule has 0 saturated heterocycles. The Morgan fingerprint density at radius 2 is 1.07 bits per heavy atom. The second kappa shape index (κ2) is 9.23.